The largest absolute Gasteiger partial charge is 0.482 e. The molecule has 1 fully saturated rings. The van der Waals surface area contributed by atoms with E-state index in [1.165, 1.54) is 13.0 Å². The Hall–Kier alpha value is -2.06. The molecule has 6 heteroatoms. The number of ether oxygens (including phenoxy) is 1. The smallest absolute Gasteiger partial charge is 0.259 e. The van der Waals surface area contributed by atoms with Crippen molar-refractivity contribution in [3.8, 4) is 11.8 Å². The number of rotatable bonds is 5. The van der Waals surface area contributed by atoms with Crippen molar-refractivity contribution >= 4 is 23.3 Å². The minimum Gasteiger partial charge on any atom is -0.482 e. The third kappa shape index (κ3) is 3.77. The van der Waals surface area contributed by atoms with Gasteiger partial charge in [0.2, 0.25) is 0 Å². The number of benzene rings is 1. The van der Waals surface area contributed by atoms with Crippen molar-refractivity contribution < 1.29 is 14.3 Å². The number of ketones is 1. The van der Waals surface area contributed by atoms with Gasteiger partial charge in [-0.25, -0.2) is 0 Å². The first-order valence-electron chi connectivity index (χ1n) is 7.11. The number of hydrogen-bond acceptors (Lipinski definition) is 4. The van der Waals surface area contributed by atoms with Crippen molar-refractivity contribution in [2.45, 2.75) is 38.1 Å². The molecule has 5 nitrogen and oxygen atoms in total. The highest BCUT2D eigenvalue weighted by Crippen LogP contribution is 2.29. The van der Waals surface area contributed by atoms with Gasteiger partial charge in [-0.2, -0.15) is 5.26 Å². The molecule has 1 N–H and O–H groups in total. The van der Waals surface area contributed by atoms with E-state index in [9.17, 15) is 14.9 Å². The van der Waals surface area contributed by atoms with Crippen LogP contribution < -0.4 is 10.1 Å². The zero-order valence-electron chi connectivity index (χ0n) is 12.3. The predicted molar refractivity (Wildman–Crippen MR) is 81.9 cm³/mol. The molecule has 116 valence electrons. The number of nitrogens with one attached hydrogen (secondary N) is 1. The number of halogens is 1. The molecule has 1 aromatic rings. The average molecular weight is 321 g/mol. The maximum Gasteiger partial charge on any atom is 0.259 e. The average Bonchev–Trinajstić information content (AvgIpc) is 2.94. The van der Waals surface area contributed by atoms with E-state index in [0.29, 0.717) is 24.2 Å². The van der Waals surface area contributed by atoms with Crippen LogP contribution >= 0.6 is 11.6 Å². The molecule has 1 aromatic carbocycles. The van der Waals surface area contributed by atoms with Gasteiger partial charge >= 0.3 is 0 Å². The molecule has 0 atom stereocenters. The maximum absolute atomic E-state index is 11.9. The summed E-state index contributed by atoms with van der Waals surface area (Å²) in [7, 11) is 0. The van der Waals surface area contributed by atoms with Crippen molar-refractivity contribution in [3.63, 3.8) is 0 Å². The van der Waals surface area contributed by atoms with Crippen LogP contribution in [0.1, 0.15) is 43.0 Å². The standard InChI is InChI=1S/C16H17ClN2O3/c1-11(20)12-4-5-14(13(17)8-12)22-9-15(21)19-16(10-18)6-2-3-7-16/h4-5,8H,2-3,6-7,9H2,1H3,(H,19,21). The molecule has 1 aliphatic rings. The van der Waals surface area contributed by atoms with Gasteiger partial charge in [-0.05, 0) is 50.8 Å². The first kappa shape index (κ1) is 16.3. The predicted octanol–water partition coefficient (Wildman–Crippen LogP) is 2.87. The van der Waals surface area contributed by atoms with Crippen LogP contribution in [0.2, 0.25) is 5.02 Å². The summed E-state index contributed by atoms with van der Waals surface area (Å²) in [6.45, 7) is 1.23. The fraction of sp³-hybridized carbons (Fsp3) is 0.438. The zero-order chi connectivity index (χ0) is 16.2. The number of carbonyl (C=O) groups excluding carboxylic acids is 2. The Morgan fingerprint density at radius 3 is 2.64 bits per heavy atom. The minimum absolute atomic E-state index is 0.0941. The molecule has 22 heavy (non-hydrogen) atoms. The van der Waals surface area contributed by atoms with Gasteiger partial charge < -0.3 is 10.1 Å². The zero-order valence-corrected chi connectivity index (χ0v) is 13.1. The van der Waals surface area contributed by atoms with Crippen molar-refractivity contribution in [2.24, 2.45) is 0 Å². The van der Waals surface area contributed by atoms with Crippen LogP contribution in [0.5, 0.6) is 5.75 Å². The van der Waals surface area contributed by atoms with Gasteiger partial charge in [0, 0.05) is 5.56 Å². The molecular formula is C16H17ClN2O3. The summed E-state index contributed by atoms with van der Waals surface area (Å²) in [6.07, 6.45) is 3.21. The van der Waals surface area contributed by atoms with Crippen LogP contribution in [-0.2, 0) is 4.79 Å². The topological polar surface area (TPSA) is 79.2 Å². The summed E-state index contributed by atoms with van der Waals surface area (Å²) >= 11 is 6.02. The third-order valence-corrected chi connectivity index (χ3v) is 4.04. The van der Waals surface area contributed by atoms with Gasteiger partial charge in [0.25, 0.3) is 5.91 Å². The lowest BCUT2D eigenvalue weighted by molar-refractivity contribution is -0.124. The number of carbonyl (C=O) groups is 2. The molecule has 0 aliphatic heterocycles. The summed E-state index contributed by atoms with van der Waals surface area (Å²) < 4.78 is 5.37. The Labute approximate surface area is 134 Å². The molecule has 0 saturated heterocycles. The van der Waals surface area contributed by atoms with E-state index in [0.717, 1.165) is 12.8 Å². The molecule has 1 saturated carbocycles. The van der Waals surface area contributed by atoms with Crippen molar-refractivity contribution in [1.29, 1.82) is 5.26 Å². The molecule has 0 aromatic heterocycles. The lowest BCUT2D eigenvalue weighted by Gasteiger charge is -2.22. The third-order valence-electron chi connectivity index (χ3n) is 3.75. The lowest BCUT2D eigenvalue weighted by Crippen LogP contribution is -2.47. The van der Waals surface area contributed by atoms with Crippen molar-refractivity contribution in [1.82, 2.24) is 5.32 Å². The van der Waals surface area contributed by atoms with E-state index in [4.69, 9.17) is 16.3 Å². The molecular weight excluding hydrogens is 304 g/mol. The van der Waals surface area contributed by atoms with E-state index >= 15 is 0 Å². The van der Waals surface area contributed by atoms with Crippen LogP contribution in [-0.4, -0.2) is 23.8 Å². The van der Waals surface area contributed by atoms with Crippen LogP contribution in [0, 0.1) is 11.3 Å². The minimum atomic E-state index is -0.761. The first-order chi connectivity index (χ1) is 10.5. The van der Waals surface area contributed by atoms with Gasteiger partial charge in [0.1, 0.15) is 11.3 Å². The highest BCUT2D eigenvalue weighted by Gasteiger charge is 2.35. The highest BCUT2D eigenvalue weighted by molar-refractivity contribution is 6.32. The van der Waals surface area contributed by atoms with Gasteiger partial charge in [-0.1, -0.05) is 11.6 Å². The molecule has 2 rings (SSSR count). The van der Waals surface area contributed by atoms with E-state index < -0.39 is 5.54 Å². The maximum atomic E-state index is 11.9. The van der Waals surface area contributed by atoms with E-state index in [2.05, 4.69) is 11.4 Å². The molecule has 1 amide bonds. The monoisotopic (exact) mass is 320 g/mol. The van der Waals surface area contributed by atoms with Crippen LogP contribution in [0.25, 0.3) is 0 Å². The molecule has 0 bridgehead atoms. The first-order valence-corrected chi connectivity index (χ1v) is 7.49. The summed E-state index contributed by atoms with van der Waals surface area (Å²) in [5.74, 6) is -0.113. The van der Waals surface area contributed by atoms with Crippen LogP contribution in [0.3, 0.4) is 0 Å². The summed E-state index contributed by atoms with van der Waals surface area (Å²) in [4.78, 5) is 23.2. The molecule has 0 heterocycles. The highest BCUT2D eigenvalue weighted by atomic mass is 35.5. The van der Waals surface area contributed by atoms with Gasteiger partial charge in [0.15, 0.2) is 12.4 Å². The number of hydrogen-bond donors (Lipinski definition) is 1. The second-order valence-electron chi connectivity index (χ2n) is 5.44. The normalized spacial score (nSPS) is 15.9. The Kier molecular flexibility index (Phi) is 5.04. The number of amides is 1. The van der Waals surface area contributed by atoms with Crippen LogP contribution in [0.15, 0.2) is 18.2 Å². The fourth-order valence-electron chi connectivity index (χ4n) is 2.53. The van der Waals surface area contributed by atoms with Gasteiger partial charge in [-0.3, -0.25) is 9.59 Å². The Bertz CT molecular complexity index is 631. The Balaban J connectivity index is 1.94. The molecule has 0 radical (unpaired) electrons. The van der Waals surface area contributed by atoms with E-state index in [1.54, 1.807) is 12.1 Å². The van der Waals surface area contributed by atoms with Gasteiger partial charge in [0.05, 0.1) is 11.1 Å². The van der Waals surface area contributed by atoms with Crippen LogP contribution in [0.4, 0.5) is 0 Å². The molecule has 0 spiro atoms. The summed E-state index contributed by atoms with van der Waals surface area (Å²) in [5.41, 5.74) is -0.279. The number of Topliss-reactive ketones (excluding diaryl/α,β-unsaturated/α-hetero) is 1. The molecule has 1 aliphatic carbocycles. The van der Waals surface area contributed by atoms with Crippen molar-refractivity contribution in [3.05, 3.63) is 28.8 Å². The lowest BCUT2D eigenvalue weighted by atomic mass is 10.00. The Morgan fingerprint density at radius 1 is 1.41 bits per heavy atom. The summed E-state index contributed by atoms with van der Waals surface area (Å²) in [5, 5.41) is 12.2. The van der Waals surface area contributed by atoms with Crippen molar-refractivity contribution in [2.75, 3.05) is 6.61 Å². The number of nitrogens with zero attached hydrogens (tertiary/aromatic N) is 1. The van der Waals surface area contributed by atoms with E-state index in [1.807, 2.05) is 0 Å². The molecule has 0 unspecified atom stereocenters. The fourth-order valence-corrected chi connectivity index (χ4v) is 2.76. The van der Waals surface area contributed by atoms with Gasteiger partial charge in [-0.15, -0.1) is 0 Å². The second-order valence-corrected chi connectivity index (χ2v) is 5.85. The van der Waals surface area contributed by atoms with E-state index in [-0.39, 0.29) is 23.3 Å². The second kappa shape index (κ2) is 6.80. The summed E-state index contributed by atoms with van der Waals surface area (Å²) in [6, 6.07) is 6.84. The quantitative estimate of drug-likeness (QED) is 0.846. The number of nitriles is 1. The Morgan fingerprint density at radius 2 is 2.09 bits per heavy atom. The SMILES string of the molecule is CC(=O)c1ccc(OCC(=O)NC2(C#N)CCCC2)c(Cl)c1.